The van der Waals surface area contributed by atoms with E-state index in [0.717, 1.165) is 10.2 Å². The van der Waals surface area contributed by atoms with Crippen LogP contribution >= 0.6 is 11.3 Å². The average molecular weight is 359 g/mol. The van der Waals surface area contributed by atoms with E-state index in [4.69, 9.17) is 10.5 Å². The summed E-state index contributed by atoms with van der Waals surface area (Å²) >= 11 is 1.50. The van der Waals surface area contributed by atoms with Gasteiger partial charge in [-0.15, -0.1) is 0 Å². The van der Waals surface area contributed by atoms with Crippen molar-refractivity contribution in [3.63, 3.8) is 0 Å². The number of hydrogen-bond donors (Lipinski definition) is 1. The molecule has 0 spiro atoms. The highest BCUT2D eigenvalue weighted by molar-refractivity contribution is 7.21. The number of carbonyl (C=O) groups excluding carboxylic acids is 1. The maximum absolute atomic E-state index is 11.6. The number of anilines is 1. The Bertz CT molecular complexity index is 610. The molecule has 0 atom stereocenters. The maximum atomic E-state index is 11.6. The van der Waals surface area contributed by atoms with E-state index in [1.165, 1.54) is 16.9 Å². The first kappa shape index (κ1) is 16.9. The molecule has 0 radical (unpaired) electrons. The number of ether oxygens (including phenoxy) is 1. The number of rotatable bonds is 4. The summed E-state index contributed by atoms with van der Waals surface area (Å²) in [7, 11) is 0. The van der Waals surface area contributed by atoms with Crippen LogP contribution in [0.25, 0.3) is 10.2 Å². The molecule has 0 aliphatic carbocycles. The van der Waals surface area contributed by atoms with Gasteiger partial charge in [-0.2, -0.15) is 0 Å². The first-order chi connectivity index (χ1) is 9.02. The van der Waals surface area contributed by atoms with Gasteiger partial charge in [0.2, 0.25) is 0 Å². The molecular weight excluding hydrogens is 340 g/mol. The molecular formula is C14H19BrN2O2S. The molecule has 1 aromatic carbocycles. The fraction of sp³-hybridized carbons (Fsp3) is 0.429. The Hall–Kier alpha value is -1.14. The van der Waals surface area contributed by atoms with Crippen molar-refractivity contribution in [3.05, 3.63) is 23.8 Å². The number of nitrogens with two attached hydrogens (primary N) is 1. The number of nitrogen functional groups attached to an aromatic ring is 1. The number of halogens is 1. The number of esters is 1. The van der Waals surface area contributed by atoms with Crippen LogP contribution < -0.4 is 27.3 Å². The molecule has 0 unspecified atom stereocenters. The molecule has 2 N–H and O–H groups in total. The van der Waals surface area contributed by atoms with Crippen LogP contribution in [0.3, 0.4) is 0 Å². The third-order valence-corrected chi connectivity index (χ3v) is 3.99. The molecule has 0 aliphatic heterocycles. The Balaban J connectivity index is 0.00000200. The monoisotopic (exact) mass is 358 g/mol. The van der Waals surface area contributed by atoms with Gasteiger partial charge < -0.3 is 21.7 Å². The van der Waals surface area contributed by atoms with Crippen LogP contribution in [0.1, 0.15) is 32.3 Å². The molecule has 0 aliphatic rings. The van der Waals surface area contributed by atoms with Crippen molar-refractivity contribution in [1.82, 2.24) is 0 Å². The van der Waals surface area contributed by atoms with E-state index < -0.39 is 0 Å². The van der Waals surface area contributed by atoms with E-state index in [-0.39, 0.29) is 29.5 Å². The normalized spacial score (nSPS) is 10.6. The Morgan fingerprint density at radius 3 is 2.75 bits per heavy atom. The van der Waals surface area contributed by atoms with Crippen molar-refractivity contribution in [1.29, 1.82) is 0 Å². The molecule has 1 aromatic heterocycles. The van der Waals surface area contributed by atoms with Gasteiger partial charge in [-0.25, -0.2) is 9.36 Å². The standard InChI is InChI=1S/C14H18N2O2S.BrH/c1-4-18-13(17)8-16-11-6-5-10(9(2)3)7-12(11)19-14(16)15;/h5-7,9,15H,4,8H2,1-3H3;1H. The predicted molar refractivity (Wildman–Crippen MR) is 77.2 cm³/mol. The zero-order valence-electron chi connectivity index (χ0n) is 11.9. The quantitative estimate of drug-likeness (QED) is 0.590. The molecule has 0 amide bonds. The summed E-state index contributed by atoms with van der Waals surface area (Å²) in [6, 6.07) is 6.25. The van der Waals surface area contributed by atoms with Crippen LogP contribution in [0.5, 0.6) is 0 Å². The molecule has 20 heavy (non-hydrogen) atoms. The molecule has 0 saturated heterocycles. The van der Waals surface area contributed by atoms with Gasteiger partial charge in [-0.1, -0.05) is 19.9 Å². The third-order valence-electron chi connectivity index (χ3n) is 3.01. The highest BCUT2D eigenvalue weighted by Crippen LogP contribution is 2.26. The molecule has 6 heteroatoms. The summed E-state index contributed by atoms with van der Waals surface area (Å²) in [6.07, 6.45) is 0. The number of aromatic nitrogens is 1. The lowest BCUT2D eigenvalue weighted by Crippen LogP contribution is -3.00. The minimum absolute atomic E-state index is 0. The van der Waals surface area contributed by atoms with Gasteiger partial charge >= 0.3 is 11.1 Å². The summed E-state index contributed by atoms with van der Waals surface area (Å²) in [5, 5.41) is 0.629. The Kier molecular flexibility index (Phi) is 5.95. The van der Waals surface area contributed by atoms with Gasteiger partial charge in [-0.3, -0.25) is 5.73 Å². The highest BCUT2D eigenvalue weighted by atomic mass is 79.9. The van der Waals surface area contributed by atoms with Crippen molar-refractivity contribution in [2.24, 2.45) is 0 Å². The summed E-state index contributed by atoms with van der Waals surface area (Å²) in [5.41, 5.74) is 8.26. The SMILES string of the molecule is CCOC(=O)C[n+]1c(N)sc2cc(C(C)C)ccc21.[Br-]. The van der Waals surface area contributed by atoms with E-state index in [9.17, 15) is 4.79 Å². The fourth-order valence-electron chi connectivity index (χ4n) is 1.98. The molecule has 0 saturated carbocycles. The van der Waals surface area contributed by atoms with Gasteiger partial charge in [0, 0.05) is 0 Å². The van der Waals surface area contributed by atoms with Crippen LogP contribution in [-0.2, 0) is 16.1 Å². The Morgan fingerprint density at radius 1 is 1.45 bits per heavy atom. The lowest BCUT2D eigenvalue weighted by Gasteiger charge is -2.04. The van der Waals surface area contributed by atoms with Crippen molar-refractivity contribution < 1.29 is 31.1 Å². The van der Waals surface area contributed by atoms with Crippen LogP contribution in [0, 0.1) is 0 Å². The number of benzene rings is 1. The van der Waals surface area contributed by atoms with Crippen LogP contribution in [0.2, 0.25) is 0 Å². The molecule has 1 heterocycles. The van der Waals surface area contributed by atoms with Crippen molar-refractivity contribution in [2.45, 2.75) is 33.2 Å². The third kappa shape index (κ3) is 3.49. The Labute approximate surface area is 133 Å². The largest absolute Gasteiger partial charge is 1.00 e. The van der Waals surface area contributed by atoms with E-state index in [2.05, 4.69) is 26.0 Å². The summed E-state index contributed by atoms with van der Waals surface area (Å²) in [5.74, 6) is 0.220. The second-order valence-electron chi connectivity index (χ2n) is 4.71. The maximum Gasteiger partial charge on any atom is 0.348 e. The van der Waals surface area contributed by atoms with Gasteiger partial charge in [0.15, 0.2) is 6.54 Å². The van der Waals surface area contributed by atoms with Gasteiger partial charge in [0.1, 0.15) is 5.52 Å². The number of nitrogens with zero attached hydrogens (tertiary/aromatic N) is 1. The zero-order chi connectivity index (χ0) is 14.0. The van der Waals surface area contributed by atoms with Gasteiger partial charge in [0.25, 0.3) is 0 Å². The average Bonchev–Trinajstić information content (AvgIpc) is 2.65. The number of carbonyl (C=O) groups is 1. The lowest BCUT2D eigenvalue weighted by atomic mass is 10.0. The van der Waals surface area contributed by atoms with Gasteiger partial charge in [-0.05, 0) is 41.9 Å². The second-order valence-corrected chi connectivity index (χ2v) is 5.78. The number of hydrogen-bond acceptors (Lipinski definition) is 4. The van der Waals surface area contributed by atoms with Crippen molar-refractivity contribution in [2.75, 3.05) is 12.3 Å². The zero-order valence-corrected chi connectivity index (χ0v) is 14.3. The first-order valence-electron chi connectivity index (χ1n) is 6.40. The molecule has 2 aromatic rings. The minimum atomic E-state index is -0.258. The second kappa shape index (κ2) is 7.04. The predicted octanol–water partition coefficient (Wildman–Crippen LogP) is -0.538. The molecule has 4 nitrogen and oxygen atoms in total. The van der Waals surface area contributed by atoms with E-state index in [0.29, 0.717) is 17.7 Å². The molecule has 0 fully saturated rings. The molecule has 0 bridgehead atoms. The Morgan fingerprint density at radius 2 is 2.15 bits per heavy atom. The molecule has 2 rings (SSSR count). The van der Waals surface area contributed by atoms with E-state index >= 15 is 0 Å². The number of fused-ring (bicyclic) bond motifs is 1. The highest BCUT2D eigenvalue weighted by Gasteiger charge is 2.19. The summed E-state index contributed by atoms with van der Waals surface area (Å²) < 4.78 is 7.88. The van der Waals surface area contributed by atoms with E-state index in [1.54, 1.807) is 6.92 Å². The smallest absolute Gasteiger partial charge is 0.348 e. The molecule has 110 valence electrons. The van der Waals surface area contributed by atoms with E-state index in [1.807, 2.05) is 10.6 Å². The summed E-state index contributed by atoms with van der Waals surface area (Å²) in [4.78, 5) is 11.6. The van der Waals surface area contributed by atoms with Crippen LogP contribution in [-0.4, -0.2) is 12.6 Å². The van der Waals surface area contributed by atoms with Gasteiger partial charge in [0.05, 0.1) is 11.3 Å². The lowest BCUT2D eigenvalue weighted by molar-refractivity contribution is -0.641. The minimum Gasteiger partial charge on any atom is -1.00 e. The van der Waals surface area contributed by atoms with Crippen molar-refractivity contribution in [3.8, 4) is 0 Å². The number of thiazole rings is 1. The first-order valence-corrected chi connectivity index (χ1v) is 7.22. The summed E-state index contributed by atoms with van der Waals surface area (Å²) in [6.45, 7) is 6.67. The van der Waals surface area contributed by atoms with Crippen LogP contribution in [0.15, 0.2) is 18.2 Å². The topological polar surface area (TPSA) is 56.2 Å². The fourth-order valence-corrected chi connectivity index (χ4v) is 2.96. The van der Waals surface area contributed by atoms with Crippen molar-refractivity contribution >= 4 is 32.7 Å². The van der Waals surface area contributed by atoms with Crippen LogP contribution in [0.4, 0.5) is 5.13 Å².